The van der Waals surface area contributed by atoms with E-state index in [2.05, 4.69) is 32.1 Å². The minimum Gasteiger partial charge on any atom is -0.497 e. The number of nitrogens with one attached hydrogen (secondary N) is 2. The molecule has 160 valence electrons. The van der Waals surface area contributed by atoms with E-state index in [0.717, 1.165) is 60.5 Å². The van der Waals surface area contributed by atoms with Crippen LogP contribution in [0.3, 0.4) is 0 Å². The zero-order valence-corrected chi connectivity index (χ0v) is 17.6. The Hall–Kier alpha value is -3.74. The van der Waals surface area contributed by atoms with Gasteiger partial charge < -0.3 is 25.0 Å². The van der Waals surface area contributed by atoms with Gasteiger partial charge in [-0.1, -0.05) is 6.58 Å². The van der Waals surface area contributed by atoms with Crippen molar-refractivity contribution in [2.24, 2.45) is 0 Å². The van der Waals surface area contributed by atoms with Gasteiger partial charge in [-0.15, -0.1) is 0 Å². The second kappa shape index (κ2) is 9.84. The summed E-state index contributed by atoms with van der Waals surface area (Å²) in [6.45, 7) is 5.91. The summed E-state index contributed by atoms with van der Waals surface area (Å²) in [4.78, 5) is 10.9. The molecule has 1 fully saturated rings. The predicted octanol–water partition coefficient (Wildman–Crippen LogP) is 4.42. The fourth-order valence-corrected chi connectivity index (χ4v) is 3.56. The molecule has 0 atom stereocenters. The summed E-state index contributed by atoms with van der Waals surface area (Å²) >= 11 is 0. The molecule has 7 heteroatoms. The Labute approximate surface area is 182 Å². The fourth-order valence-electron chi connectivity index (χ4n) is 3.56. The van der Waals surface area contributed by atoms with Gasteiger partial charge in [0.25, 0.3) is 0 Å². The summed E-state index contributed by atoms with van der Waals surface area (Å²) < 4.78 is 11.2. The van der Waals surface area contributed by atoms with Crippen LogP contribution in [0.2, 0.25) is 0 Å². The van der Waals surface area contributed by atoms with Crippen molar-refractivity contribution in [2.75, 3.05) is 30.4 Å². The van der Waals surface area contributed by atoms with Crippen LogP contribution in [0.15, 0.2) is 79.5 Å². The van der Waals surface area contributed by atoms with Crippen LogP contribution in [0.25, 0.3) is 0 Å². The average molecular weight is 418 g/mol. The molecule has 1 aromatic carbocycles. The third-order valence-electron chi connectivity index (χ3n) is 5.17. The molecule has 3 aromatic rings. The molecule has 0 spiro atoms. The van der Waals surface area contributed by atoms with Gasteiger partial charge in [-0.3, -0.25) is 4.98 Å². The number of nitrogens with zero attached hydrogens (tertiary/aromatic N) is 3. The van der Waals surface area contributed by atoms with E-state index in [0.29, 0.717) is 6.04 Å². The second-order valence-electron chi connectivity index (χ2n) is 7.38. The maximum atomic E-state index is 5.98. The zero-order chi connectivity index (χ0) is 21.5. The lowest BCUT2D eigenvalue weighted by atomic mass is 10.1. The molecule has 0 aliphatic carbocycles. The fraction of sp³-hybridized carbons (Fsp3) is 0.250. The van der Waals surface area contributed by atoms with Gasteiger partial charge in [0.05, 0.1) is 24.8 Å². The van der Waals surface area contributed by atoms with Crippen molar-refractivity contribution in [1.82, 2.24) is 15.3 Å². The van der Waals surface area contributed by atoms with E-state index in [1.165, 1.54) is 0 Å². The van der Waals surface area contributed by atoms with Gasteiger partial charge in [0.2, 0.25) is 0 Å². The molecular formula is C24H27N5O2. The third-order valence-corrected chi connectivity index (χ3v) is 5.17. The summed E-state index contributed by atoms with van der Waals surface area (Å²) in [6, 6.07) is 15.6. The Bertz CT molecular complexity index is 986. The van der Waals surface area contributed by atoms with Crippen molar-refractivity contribution in [2.45, 2.75) is 18.9 Å². The van der Waals surface area contributed by atoms with E-state index >= 15 is 0 Å². The van der Waals surface area contributed by atoms with E-state index in [4.69, 9.17) is 9.47 Å². The van der Waals surface area contributed by atoms with Gasteiger partial charge in [-0.2, -0.15) is 0 Å². The van der Waals surface area contributed by atoms with E-state index in [9.17, 15) is 0 Å². The molecule has 1 aliphatic rings. The lowest BCUT2D eigenvalue weighted by Gasteiger charge is -2.34. The number of pyridine rings is 2. The molecule has 0 saturated carbocycles. The molecule has 2 N–H and O–H groups in total. The Kier molecular flexibility index (Phi) is 6.52. The first kappa shape index (κ1) is 20.5. The van der Waals surface area contributed by atoms with E-state index < -0.39 is 0 Å². The van der Waals surface area contributed by atoms with Crippen molar-refractivity contribution < 1.29 is 9.47 Å². The quantitative estimate of drug-likeness (QED) is 0.562. The van der Waals surface area contributed by atoms with Crippen LogP contribution in [-0.2, 0) is 0 Å². The first-order chi connectivity index (χ1) is 15.2. The molecule has 0 radical (unpaired) electrons. The lowest BCUT2D eigenvalue weighted by molar-refractivity contribution is 0.412. The van der Waals surface area contributed by atoms with Gasteiger partial charge >= 0.3 is 0 Å². The molecule has 1 aliphatic heterocycles. The monoisotopic (exact) mass is 417 g/mol. The highest BCUT2D eigenvalue weighted by atomic mass is 16.5. The normalized spacial score (nSPS) is 14.0. The van der Waals surface area contributed by atoms with E-state index in [1.54, 1.807) is 25.7 Å². The summed E-state index contributed by atoms with van der Waals surface area (Å²) in [5.74, 6) is 4.05. The molecule has 1 saturated heterocycles. The molecule has 4 rings (SSSR count). The number of rotatable bonds is 8. The zero-order valence-electron chi connectivity index (χ0n) is 17.6. The van der Waals surface area contributed by atoms with Crippen LogP contribution < -0.4 is 25.0 Å². The first-order valence-electron chi connectivity index (χ1n) is 10.3. The summed E-state index contributed by atoms with van der Waals surface area (Å²) in [5, 5.41) is 6.73. The Morgan fingerprint density at radius 2 is 1.81 bits per heavy atom. The number of hydrogen-bond acceptors (Lipinski definition) is 7. The van der Waals surface area contributed by atoms with Crippen LogP contribution in [0.1, 0.15) is 12.8 Å². The smallest absolute Gasteiger partial charge is 0.132 e. The highest BCUT2D eigenvalue weighted by Crippen LogP contribution is 2.27. The van der Waals surface area contributed by atoms with Crippen LogP contribution in [0.5, 0.6) is 17.2 Å². The minimum absolute atomic E-state index is 0.367. The molecule has 7 nitrogen and oxygen atoms in total. The number of piperidine rings is 1. The lowest BCUT2D eigenvalue weighted by Crippen LogP contribution is -2.43. The predicted molar refractivity (Wildman–Crippen MR) is 123 cm³/mol. The average Bonchev–Trinajstić information content (AvgIpc) is 2.81. The largest absolute Gasteiger partial charge is 0.497 e. The molecule has 0 amide bonds. The topological polar surface area (TPSA) is 71.5 Å². The van der Waals surface area contributed by atoms with Crippen molar-refractivity contribution in [3.8, 4) is 17.2 Å². The number of anilines is 2. The highest BCUT2D eigenvalue weighted by Gasteiger charge is 2.20. The SMILES string of the molecule is C=C(Nc1cccnc1)NC1CCN(c2cc(Oc3ccc(OC)cc3)ccn2)CC1. The van der Waals surface area contributed by atoms with Gasteiger partial charge in [-0.25, -0.2) is 4.98 Å². The standard InChI is InChI=1S/C24H27N5O2/c1-18(28-20-4-3-12-25-17-20)27-19-10-14-29(15-11-19)24-16-23(9-13-26-24)31-22-7-5-21(30-2)6-8-22/h3-9,12-13,16-17,19,27-28H,1,10-11,14-15H2,2H3. The molecule has 0 unspecified atom stereocenters. The second-order valence-corrected chi connectivity index (χ2v) is 7.38. The molecule has 3 heterocycles. The third kappa shape index (κ3) is 5.66. The Balaban J connectivity index is 1.29. The Morgan fingerprint density at radius 3 is 2.52 bits per heavy atom. The van der Waals surface area contributed by atoms with E-state index in [1.807, 2.05) is 48.5 Å². The summed E-state index contributed by atoms with van der Waals surface area (Å²) in [5.41, 5.74) is 0.926. The minimum atomic E-state index is 0.367. The number of ether oxygens (including phenoxy) is 2. The van der Waals surface area contributed by atoms with Crippen LogP contribution in [0.4, 0.5) is 11.5 Å². The number of benzene rings is 1. The molecule has 31 heavy (non-hydrogen) atoms. The molecule has 2 aromatic heterocycles. The van der Waals surface area contributed by atoms with Crippen molar-refractivity contribution in [1.29, 1.82) is 0 Å². The molecule has 0 bridgehead atoms. The van der Waals surface area contributed by atoms with Crippen molar-refractivity contribution in [3.63, 3.8) is 0 Å². The van der Waals surface area contributed by atoms with Gasteiger partial charge in [0.1, 0.15) is 23.1 Å². The maximum absolute atomic E-state index is 5.98. The maximum Gasteiger partial charge on any atom is 0.132 e. The first-order valence-corrected chi connectivity index (χ1v) is 10.3. The van der Waals surface area contributed by atoms with Crippen LogP contribution in [-0.4, -0.2) is 36.2 Å². The summed E-state index contributed by atoms with van der Waals surface area (Å²) in [6.07, 6.45) is 7.32. The van der Waals surface area contributed by atoms with Crippen LogP contribution >= 0.6 is 0 Å². The molecular weight excluding hydrogens is 390 g/mol. The van der Waals surface area contributed by atoms with Gasteiger partial charge in [0.15, 0.2) is 0 Å². The number of hydrogen-bond donors (Lipinski definition) is 2. The van der Waals surface area contributed by atoms with Crippen molar-refractivity contribution >= 4 is 11.5 Å². The highest BCUT2D eigenvalue weighted by molar-refractivity contribution is 5.46. The number of methoxy groups -OCH3 is 1. The van der Waals surface area contributed by atoms with Crippen molar-refractivity contribution in [3.05, 3.63) is 79.5 Å². The number of aromatic nitrogens is 2. The van der Waals surface area contributed by atoms with E-state index in [-0.39, 0.29) is 0 Å². The Morgan fingerprint density at radius 1 is 1.03 bits per heavy atom. The van der Waals surface area contributed by atoms with Gasteiger partial charge in [0, 0.05) is 37.6 Å². The van der Waals surface area contributed by atoms with Crippen LogP contribution in [0, 0.1) is 0 Å². The summed E-state index contributed by atoms with van der Waals surface area (Å²) in [7, 11) is 1.65. The van der Waals surface area contributed by atoms with Gasteiger partial charge in [-0.05, 0) is 55.3 Å².